The van der Waals surface area contributed by atoms with Crippen LogP contribution in [0, 0.1) is 5.82 Å². The van der Waals surface area contributed by atoms with Gasteiger partial charge in [0.1, 0.15) is 16.1 Å². The van der Waals surface area contributed by atoms with Gasteiger partial charge < -0.3 is 0 Å². The summed E-state index contributed by atoms with van der Waals surface area (Å²) in [6.07, 6.45) is 0.949. The summed E-state index contributed by atoms with van der Waals surface area (Å²) >= 11 is 0.833. The van der Waals surface area contributed by atoms with E-state index in [0.717, 1.165) is 26.2 Å². The highest BCUT2D eigenvalue weighted by molar-refractivity contribution is 7.91. The molecule has 0 unspecified atom stereocenters. The number of benzene rings is 1. The van der Waals surface area contributed by atoms with Crippen LogP contribution >= 0.6 is 11.3 Å². The van der Waals surface area contributed by atoms with Crippen molar-refractivity contribution in [1.82, 2.24) is 14.1 Å². The lowest BCUT2D eigenvalue weighted by atomic mass is 10.2. The highest BCUT2D eigenvalue weighted by atomic mass is 32.2. The van der Waals surface area contributed by atoms with E-state index >= 15 is 0 Å². The molecule has 1 atom stereocenters. The number of piperazine rings is 1. The molecule has 158 valence electrons. The maximum absolute atomic E-state index is 14.0. The van der Waals surface area contributed by atoms with Gasteiger partial charge in [0.25, 0.3) is 15.9 Å². The third-order valence-electron chi connectivity index (χ3n) is 4.46. The van der Waals surface area contributed by atoms with Crippen LogP contribution in [0.2, 0.25) is 0 Å². The molecule has 0 aliphatic carbocycles. The van der Waals surface area contributed by atoms with Gasteiger partial charge in [-0.1, -0.05) is 18.2 Å². The average Bonchev–Trinajstić information content (AvgIpc) is 3.17. The molecule has 1 aliphatic heterocycles. The van der Waals surface area contributed by atoms with E-state index in [9.17, 15) is 26.0 Å². The highest BCUT2D eigenvalue weighted by Gasteiger charge is 2.42. The molecule has 1 saturated heterocycles. The first-order chi connectivity index (χ1) is 13.6. The third kappa shape index (κ3) is 4.34. The maximum atomic E-state index is 14.0. The van der Waals surface area contributed by atoms with E-state index in [4.69, 9.17) is 5.21 Å². The van der Waals surface area contributed by atoms with E-state index in [1.165, 1.54) is 35.8 Å². The van der Waals surface area contributed by atoms with Gasteiger partial charge in [0, 0.05) is 30.1 Å². The number of halogens is 1. The number of carbonyl (C=O) groups is 1. The molecule has 0 bridgehead atoms. The second-order valence-electron chi connectivity index (χ2n) is 6.33. The lowest BCUT2D eigenvalue weighted by Crippen LogP contribution is -2.60. The Bertz CT molecular complexity index is 1130. The summed E-state index contributed by atoms with van der Waals surface area (Å²) < 4.78 is 65.5. The summed E-state index contributed by atoms with van der Waals surface area (Å²) in [5.74, 6) is -1.55. The lowest BCUT2D eigenvalue weighted by Gasteiger charge is -2.37. The van der Waals surface area contributed by atoms with Crippen molar-refractivity contribution in [2.45, 2.75) is 10.3 Å². The minimum absolute atomic E-state index is 0.126. The van der Waals surface area contributed by atoms with E-state index in [1.807, 2.05) is 0 Å². The smallest absolute Gasteiger partial charge is 0.263 e. The van der Waals surface area contributed by atoms with Crippen LogP contribution < -0.4 is 5.48 Å². The quantitative estimate of drug-likeness (QED) is 0.497. The molecule has 0 saturated carbocycles. The van der Waals surface area contributed by atoms with Crippen LogP contribution in [0.5, 0.6) is 0 Å². The summed E-state index contributed by atoms with van der Waals surface area (Å²) in [6.45, 7) is -0.852. The van der Waals surface area contributed by atoms with Crippen molar-refractivity contribution in [2.75, 3.05) is 25.9 Å². The van der Waals surface area contributed by atoms with Crippen LogP contribution in [-0.2, 0) is 24.8 Å². The van der Waals surface area contributed by atoms with E-state index in [0.29, 0.717) is 4.88 Å². The van der Waals surface area contributed by atoms with Crippen molar-refractivity contribution in [1.29, 1.82) is 0 Å². The molecule has 1 amide bonds. The SMILES string of the molecule is CS(=O)(=O)N1CCN(S(=O)(=O)c2ccc(-c3ccccc3F)s2)[C@@H](C(=O)NO)C1. The first kappa shape index (κ1) is 21.8. The van der Waals surface area contributed by atoms with Crippen molar-refractivity contribution in [3.63, 3.8) is 0 Å². The molecule has 1 aromatic heterocycles. The number of hydrogen-bond donors (Lipinski definition) is 2. The predicted molar refractivity (Wildman–Crippen MR) is 104 cm³/mol. The number of hydrogen-bond acceptors (Lipinski definition) is 7. The Kier molecular flexibility index (Phi) is 6.08. The van der Waals surface area contributed by atoms with Gasteiger partial charge in [0.2, 0.25) is 10.0 Å². The lowest BCUT2D eigenvalue weighted by molar-refractivity contribution is -0.134. The number of nitrogens with one attached hydrogen (secondary N) is 1. The van der Waals surface area contributed by atoms with Crippen LogP contribution in [-0.4, -0.2) is 68.5 Å². The van der Waals surface area contributed by atoms with Gasteiger partial charge >= 0.3 is 0 Å². The molecule has 13 heteroatoms. The van der Waals surface area contributed by atoms with Gasteiger partial charge in [-0.15, -0.1) is 11.3 Å². The molecule has 1 aliphatic rings. The molecule has 1 fully saturated rings. The fourth-order valence-electron chi connectivity index (χ4n) is 3.00. The molecule has 0 spiro atoms. The Labute approximate surface area is 171 Å². The molecule has 2 aromatic rings. The minimum atomic E-state index is -4.20. The Hall–Kier alpha value is -1.90. The summed E-state index contributed by atoms with van der Waals surface area (Å²) in [7, 11) is -7.86. The maximum Gasteiger partial charge on any atom is 0.263 e. The van der Waals surface area contributed by atoms with Crippen molar-refractivity contribution in [3.05, 3.63) is 42.2 Å². The van der Waals surface area contributed by atoms with Crippen LogP contribution in [0.3, 0.4) is 0 Å². The molecule has 3 rings (SSSR count). The Morgan fingerprint density at radius 1 is 1.17 bits per heavy atom. The number of carbonyl (C=O) groups excluding carboxylic acids is 1. The first-order valence-corrected chi connectivity index (χ1v) is 12.4. The van der Waals surface area contributed by atoms with E-state index in [1.54, 1.807) is 6.07 Å². The van der Waals surface area contributed by atoms with Crippen molar-refractivity contribution < 1.29 is 31.2 Å². The summed E-state index contributed by atoms with van der Waals surface area (Å²) in [5.41, 5.74) is 1.63. The van der Waals surface area contributed by atoms with E-state index < -0.39 is 44.4 Å². The number of rotatable bonds is 5. The van der Waals surface area contributed by atoms with E-state index in [-0.39, 0.29) is 22.9 Å². The molecule has 2 heterocycles. The Balaban J connectivity index is 1.96. The van der Waals surface area contributed by atoms with Crippen LogP contribution in [0.4, 0.5) is 4.39 Å². The zero-order valence-electron chi connectivity index (χ0n) is 15.1. The summed E-state index contributed by atoms with van der Waals surface area (Å²) in [4.78, 5) is 12.5. The normalized spacial score (nSPS) is 19.2. The molecule has 1 aromatic carbocycles. The van der Waals surface area contributed by atoms with Gasteiger partial charge in [-0.3, -0.25) is 10.0 Å². The molecular formula is C16H18FN3O6S3. The number of amides is 1. The van der Waals surface area contributed by atoms with Gasteiger partial charge in [-0.2, -0.15) is 8.61 Å². The van der Waals surface area contributed by atoms with Crippen molar-refractivity contribution in [2.24, 2.45) is 0 Å². The number of thiophene rings is 1. The second-order valence-corrected chi connectivity index (χ2v) is 11.5. The van der Waals surface area contributed by atoms with Crippen LogP contribution in [0.1, 0.15) is 0 Å². The van der Waals surface area contributed by atoms with Crippen molar-refractivity contribution in [3.8, 4) is 10.4 Å². The second kappa shape index (κ2) is 8.08. The monoisotopic (exact) mass is 463 g/mol. The Morgan fingerprint density at radius 2 is 1.86 bits per heavy atom. The topological polar surface area (TPSA) is 124 Å². The molecule has 2 N–H and O–H groups in total. The molecule has 29 heavy (non-hydrogen) atoms. The fourth-order valence-corrected chi connectivity index (χ4v) is 6.86. The van der Waals surface area contributed by atoms with Crippen molar-refractivity contribution >= 4 is 37.3 Å². The number of sulfonamides is 2. The van der Waals surface area contributed by atoms with E-state index in [2.05, 4.69) is 0 Å². The summed E-state index contributed by atoms with van der Waals surface area (Å²) in [6, 6.07) is 7.23. The fraction of sp³-hybridized carbons (Fsp3) is 0.312. The average molecular weight is 464 g/mol. The van der Waals surface area contributed by atoms with Gasteiger partial charge in [0.05, 0.1) is 6.26 Å². The van der Waals surface area contributed by atoms with Gasteiger partial charge in [0.15, 0.2) is 0 Å². The zero-order chi connectivity index (χ0) is 21.4. The molecule has 0 radical (unpaired) electrons. The highest BCUT2D eigenvalue weighted by Crippen LogP contribution is 2.34. The minimum Gasteiger partial charge on any atom is -0.289 e. The largest absolute Gasteiger partial charge is 0.289 e. The van der Waals surface area contributed by atoms with Crippen LogP contribution in [0.15, 0.2) is 40.6 Å². The third-order valence-corrected chi connectivity index (χ3v) is 9.22. The Morgan fingerprint density at radius 3 is 2.48 bits per heavy atom. The first-order valence-electron chi connectivity index (χ1n) is 8.31. The van der Waals surface area contributed by atoms with Gasteiger partial charge in [-0.05, 0) is 18.2 Å². The standard InChI is InChI=1S/C16H18FN3O6S3/c1-28(23,24)19-8-9-20(13(10-19)16(21)18-22)29(25,26)15-7-6-14(27-15)11-4-2-3-5-12(11)17/h2-7,13,22H,8-10H2,1H3,(H,18,21)/t13-/m1/s1. The zero-order valence-corrected chi connectivity index (χ0v) is 17.6. The van der Waals surface area contributed by atoms with Gasteiger partial charge in [-0.25, -0.2) is 26.7 Å². The molecular weight excluding hydrogens is 445 g/mol. The number of hydroxylamine groups is 1. The molecule has 9 nitrogen and oxygen atoms in total. The predicted octanol–water partition coefficient (Wildman–Crippen LogP) is 0.694. The van der Waals surface area contributed by atoms with Crippen LogP contribution in [0.25, 0.3) is 10.4 Å². The summed E-state index contributed by atoms with van der Waals surface area (Å²) in [5, 5.41) is 8.99. The number of nitrogens with zero attached hydrogens (tertiary/aromatic N) is 2.